The number of carbonyl (C=O) groups is 2. The number of rotatable bonds is 11. The smallest absolute Gasteiger partial charge is 0.330 e. The highest BCUT2D eigenvalue weighted by molar-refractivity contribution is 5.88. The first-order chi connectivity index (χ1) is 21.3. The number of hydrogen-bond donors (Lipinski definition) is 0. The predicted octanol–water partition coefficient (Wildman–Crippen LogP) is 9.06. The summed E-state index contributed by atoms with van der Waals surface area (Å²) in [6, 6.07) is 31.4. The van der Waals surface area contributed by atoms with Crippen molar-refractivity contribution in [2.75, 3.05) is 4.90 Å². The van der Waals surface area contributed by atoms with Crippen molar-refractivity contribution >= 4 is 29.0 Å². The number of hydrogen-bond acceptors (Lipinski definition) is 5. The van der Waals surface area contributed by atoms with Gasteiger partial charge in [-0.05, 0) is 85.3 Å². The minimum absolute atomic E-state index is 0.485. The van der Waals surface area contributed by atoms with Crippen molar-refractivity contribution in [3.05, 3.63) is 139 Å². The molecule has 44 heavy (non-hydrogen) atoms. The van der Waals surface area contributed by atoms with Gasteiger partial charge in [0.25, 0.3) is 0 Å². The number of anilines is 3. The lowest BCUT2D eigenvalue weighted by Crippen LogP contribution is -2.52. The quantitative estimate of drug-likeness (QED) is 0.130. The molecule has 4 aromatic rings. The fourth-order valence-corrected chi connectivity index (χ4v) is 6.58. The van der Waals surface area contributed by atoms with E-state index in [1.807, 2.05) is 26.0 Å². The third kappa shape index (κ3) is 5.35. The van der Waals surface area contributed by atoms with Gasteiger partial charge in [0.15, 0.2) is 0 Å². The summed E-state index contributed by atoms with van der Waals surface area (Å²) in [5.41, 5.74) is 8.23. The fourth-order valence-electron chi connectivity index (χ4n) is 6.58. The van der Waals surface area contributed by atoms with Crippen LogP contribution in [0.4, 0.5) is 17.1 Å². The Kier molecular flexibility index (Phi) is 8.86. The Labute approximate surface area is 260 Å². The number of nitrogens with zero attached hydrogens (tertiary/aromatic N) is 1. The molecule has 5 nitrogen and oxygen atoms in total. The molecular weight excluding hydrogens is 546 g/mol. The Balaban J connectivity index is 1.82. The molecule has 2 atom stereocenters. The summed E-state index contributed by atoms with van der Waals surface area (Å²) in [7, 11) is 0. The molecule has 2 unspecified atom stereocenters. The topological polar surface area (TPSA) is 55.8 Å². The Morgan fingerprint density at radius 1 is 0.682 bits per heavy atom. The van der Waals surface area contributed by atoms with E-state index in [2.05, 4.69) is 111 Å². The Bertz CT molecular complexity index is 1610. The lowest BCUT2D eigenvalue weighted by Gasteiger charge is -2.43. The van der Waals surface area contributed by atoms with Crippen molar-refractivity contribution in [3.8, 4) is 11.1 Å². The highest BCUT2D eigenvalue weighted by Gasteiger charge is 2.56. The maximum absolute atomic E-state index is 12.8. The van der Waals surface area contributed by atoms with Crippen LogP contribution in [0.3, 0.4) is 0 Å². The van der Waals surface area contributed by atoms with E-state index in [-0.39, 0.29) is 0 Å². The molecule has 0 fully saturated rings. The minimum atomic E-state index is -0.991. The van der Waals surface area contributed by atoms with Crippen molar-refractivity contribution in [3.63, 3.8) is 0 Å². The molecule has 0 radical (unpaired) electrons. The molecular formula is C39H39NO4. The van der Waals surface area contributed by atoms with Crippen LogP contribution in [0.1, 0.15) is 48.9 Å². The number of esters is 2. The number of benzene rings is 4. The number of aryl methyl sites for hydroxylation is 2. The summed E-state index contributed by atoms with van der Waals surface area (Å²) in [6.45, 7) is 15.4. The molecule has 1 aliphatic carbocycles. The van der Waals surface area contributed by atoms with Gasteiger partial charge in [0.05, 0.1) is 5.41 Å². The Morgan fingerprint density at radius 3 is 1.61 bits per heavy atom. The summed E-state index contributed by atoms with van der Waals surface area (Å²) in [6.07, 6.45) is 2.03. The van der Waals surface area contributed by atoms with Crippen LogP contribution in [0.5, 0.6) is 0 Å². The highest BCUT2D eigenvalue weighted by atomic mass is 16.6. The summed E-state index contributed by atoms with van der Waals surface area (Å²) in [4.78, 5) is 27.9. The molecule has 0 amide bonds. The van der Waals surface area contributed by atoms with Crippen LogP contribution in [-0.4, -0.2) is 24.1 Å². The number of carbonyl (C=O) groups excluding carboxylic acids is 2. The first kappa shape index (κ1) is 30.6. The molecule has 0 saturated heterocycles. The Morgan fingerprint density at radius 2 is 1.14 bits per heavy atom. The van der Waals surface area contributed by atoms with E-state index in [4.69, 9.17) is 9.47 Å². The minimum Gasteiger partial charge on any atom is -0.458 e. The highest BCUT2D eigenvalue weighted by Crippen LogP contribution is 2.56. The summed E-state index contributed by atoms with van der Waals surface area (Å²) < 4.78 is 12.3. The third-order valence-corrected chi connectivity index (χ3v) is 8.56. The van der Waals surface area contributed by atoms with Gasteiger partial charge in [0.1, 0.15) is 12.2 Å². The largest absolute Gasteiger partial charge is 0.458 e. The molecule has 0 heterocycles. The van der Waals surface area contributed by atoms with E-state index < -0.39 is 29.6 Å². The van der Waals surface area contributed by atoms with Gasteiger partial charge in [-0.3, -0.25) is 0 Å². The maximum Gasteiger partial charge on any atom is 0.330 e. The average Bonchev–Trinajstić information content (AvgIpc) is 3.34. The van der Waals surface area contributed by atoms with Crippen molar-refractivity contribution in [2.24, 2.45) is 0 Å². The van der Waals surface area contributed by atoms with Crippen LogP contribution >= 0.6 is 0 Å². The van der Waals surface area contributed by atoms with Crippen molar-refractivity contribution < 1.29 is 19.1 Å². The standard InChI is InChI=1S/C39H39NO4/c1-7-35(43-37(41)9-3)39(36(8-2)44-38(42)10-4)33-14-12-11-13-31(33)32-24-23-30(25-34(32)39)40(28-19-15-26(5)16-20-28)29-21-17-27(6)18-22-29/h9-25,35-36H,3-4,7-8H2,1-2,5-6H3. The first-order valence-electron chi connectivity index (χ1n) is 15.1. The lowest BCUT2D eigenvalue weighted by atomic mass is 9.67. The second-order valence-corrected chi connectivity index (χ2v) is 11.2. The van der Waals surface area contributed by atoms with Crippen molar-refractivity contribution in [1.82, 2.24) is 0 Å². The molecule has 5 heteroatoms. The van der Waals surface area contributed by atoms with Crippen LogP contribution in [0.15, 0.2) is 116 Å². The second-order valence-electron chi connectivity index (χ2n) is 11.2. The van der Waals surface area contributed by atoms with E-state index in [1.54, 1.807) is 0 Å². The molecule has 5 rings (SSSR count). The zero-order valence-electron chi connectivity index (χ0n) is 25.9. The van der Waals surface area contributed by atoms with E-state index in [0.29, 0.717) is 12.8 Å². The van der Waals surface area contributed by atoms with Gasteiger partial charge < -0.3 is 14.4 Å². The molecule has 0 aromatic heterocycles. The number of fused-ring (bicyclic) bond motifs is 3. The van der Waals surface area contributed by atoms with Gasteiger partial charge in [0, 0.05) is 29.2 Å². The molecule has 0 saturated carbocycles. The molecule has 0 N–H and O–H groups in total. The van der Waals surface area contributed by atoms with Crippen molar-refractivity contribution in [1.29, 1.82) is 0 Å². The lowest BCUT2D eigenvalue weighted by molar-refractivity contribution is -0.156. The van der Waals surface area contributed by atoms with Crippen LogP contribution in [0.25, 0.3) is 11.1 Å². The van der Waals surface area contributed by atoms with Gasteiger partial charge >= 0.3 is 11.9 Å². The summed E-state index contributed by atoms with van der Waals surface area (Å²) in [5, 5.41) is 0. The van der Waals surface area contributed by atoms with Crippen molar-refractivity contribution in [2.45, 2.75) is 58.2 Å². The maximum atomic E-state index is 12.8. The van der Waals surface area contributed by atoms with E-state index in [1.165, 1.54) is 23.3 Å². The van der Waals surface area contributed by atoms with Gasteiger partial charge in [-0.2, -0.15) is 0 Å². The van der Waals surface area contributed by atoms with Gasteiger partial charge in [-0.1, -0.05) is 92.7 Å². The first-order valence-corrected chi connectivity index (χ1v) is 15.1. The monoisotopic (exact) mass is 585 g/mol. The predicted molar refractivity (Wildman–Crippen MR) is 178 cm³/mol. The van der Waals surface area contributed by atoms with E-state index >= 15 is 0 Å². The van der Waals surface area contributed by atoms with Gasteiger partial charge in [-0.25, -0.2) is 9.59 Å². The molecule has 224 valence electrons. The second kappa shape index (κ2) is 12.8. The van der Waals surface area contributed by atoms with Crippen LogP contribution in [0, 0.1) is 13.8 Å². The summed E-state index contributed by atoms with van der Waals surface area (Å²) in [5.74, 6) is -1.05. The number of ether oxygens (including phenoxy) is 2. The average molecular weight is 586 g/mol. The van der Waals surface area contributed by atoms with Crippen LogP contribution in [0.2, 0.25) is 0 Å². The molecule has 0 aliphatic heterocycles. The summed E-state index contributed by atoms with van der Waals surface area (Å²) >= 11 is 0. The van der Waals surface area contributed by atoms with Crippen LogP contribution < -0.4 is 4.90 Å². The molecule has 1 aliphatic rings. The SMILES string of the molecule is C=CC(=O)OC(CC)C1(C(CC)OC(=O)C=C)c2ccccc2-c2ccc(N(c3ccc(C)cc3)c3ccc(C)cc3)cc21. The Hall–Kier alpha value is -4.90. The van der Waals surface area contributed by atoms with Gasteiger partial charge in [0.2, 0.25) is 0 Å². The fraction of sp³-hybridized carbons (Fsp3) is 0.231. The molecule has 0 bridgehead atoms. The van der Waals surface area contributed by atoms with Gasteiger partial charge in [-0.15, -0.1) is 0 Å². The van der Waals surface area contributed by atoms with E-state index in [9.17, 15) is 9.59 Å². The van der Waals surface area contributed by atoms with E-state index in [0.717, 1.165) is 39.3 Å². The molecule has 0 spiro atoms. The zero-order chi connectivity index (χ0) is 31.4. The molecule has 4 aromatic carbocycles. The normalized spacial score (nSPS) is 16.2. The third-order valence-electron chi connectivity index (χ3n) is 8.56. The van der Waals surface area contributed by atoms with Crippen LogP contribution in [-0.2, 0) is 24.5 Å². The zero-order valence-corrected chi connectivity index (χ0v) is 25.9.